The third-order valence-corrected chi connectivity index (χ3v) is 4.20. The van der Waals surface area contributed by atoms with Crippen LogP contribution >= 0.6 is 11.3 Å². The van der Waals surface area contributed by atoms with E-state index in [0.29, 0.717) is 5.01 Å². The molecule has 0 saturated carbocycles. The monoisotopic (exact) mass is 346 g/mol. The molecule has 4 amide bonds. The molecule has 1 aliphatic rings. The van der Waals surface area contributed by atoms with Crippen molar-refractivity contribution in [3.63, 3.8) is 0 Å². The Bertz CT molecular complexity index is 762. The molecule has 1 unspecified atom stereocenters. The SMILES string of the molecule is Nc1nnc(C(NC(=O)CN2C(=O)CNC2=O)c2ccccc2)s1. The molecule has 1 aliphatic heterocycles. The molecule has 1 aromatic carbocycles. The zero-order chi connectivity index (χ0) is 17.1. The Morgan fingerprint density at radius 1 is 1.33 bits per heavy atom. The number of rotatable bonds is 5. The van der Waals surface area contributed by atoms with Crippen molar-refractivity contribution in [2.24, 2.45) is 0 Å². The van der Waals surface area contributed by atoms with E-state index in [0.717, 1.165) is 21.8 Å². The Labute approximate surface area is 140 Å². The Morgan fingerprint density at radius 2 is 2.08 bits per heavy atom. The van der Waals surface area contributed by atoms with E-state index in [1.165, 1.54) is 0 Å². The van der Waals surface area contributed by atoms with Gasteiger partial charge in [-0.05, 0) is 5.56 Å². The first-order valence-electron chi connectivity index (χ1n) is 7.06. The molecule has 9 nitrogen and oxygen atoms in total. The fourth-order valence-electron chi connectivity index (χ4n) is 2.26. The van der Waals surface area contributed by atoms with Gasteiger partial charge in [-0.2, -0.15) is 0 Å². The van der Waals surface area contributed by atoms with E-state index in [2.05, 4.69) is 20.8 Å². The number of benzene rings is 1. The Balaban J connectivity index is 1.78. The molecule has 4 N–H and O–H groups in total. The average molecular weight is 346 g/mol. The molecule has 24 heavy (non-hydrogen) atoms. The van der Waals surface area contributed by atoms with Crippen LogP contribution in [0.4, 0.5) is 9.93 Å². The van der Waals surface area contributed by atoms with Gasteiger partial charge >= 0.3 is 6.03 Å². The van der Waals surface area contributed by atoms with Gasteiger partial charge in [0.1, 0.15) is 17.6 Å². The summed E-state index contributed by atoms with van der Waals surface area (Å²) in [5.41, 5.74) is 6.41. The summed E-state index contributed by atoms with van der Waals surface area (Å²) >= 11 is 1.16. The number of aromatic nitrogens is 2. The summed E-state index contributed by atoms with van der Waals surface area (Å²) in [4.78, 5) is 36.3. The smallest absolute Gasteiger partial charge is 0.325 e. The molecule has 2 heterocycles. The van der Waals surface area contributed by atoms with Crippen LogP contribution in [-0.2, 0) is 9.59 Å². The maximum absolute atomic E-state index is 12.3. The molecular formula is C14H14N6O3S. The standard InChI is InChI=1S/C14H14N6O3S/c15-13-19-18-12(24-13)11(8-4-2-1-3-5-8)17-9(21)7-20-10(22)6-16-14(20)23/h1-5,11H,6-7H2,(H2,15,19)(H,16,23)(H,17,21). The van der Waals surface area contributed by atoms with Crippen molar-refractivity contribution in [3.05, 3.63) is 40.9 Å². The second-order valence-corrected chi connectivity index (χ2v) is 6.07. The van der Waals surface area contributed by atoms with Crippen LogP contribution in [0, 0.1) is 0 Å². The van der Waals surface area contributed by atoms with E-state index in [4.69, 9.17) is 5.73 Å². The second kappa shape index (κ2) is 6.62. The fraction of sp³-hybridized carbons (Fsp3) is 0.214. The van der Waals surface area contributed by atoms with Crippen molar-refractivity contribution < 1.29 is 14.4 Å². The minimum absolute atomic E-state index is 0.0961. The number of nitrogens with zero attached hydrogens (tertiary/aromatic N) is 3. The largest absolute Gasteiger partial charge is 0.374 e. The Hall–Kier alpha value is -3.01. The third-order valence-electron chi connectivity index (χ3n) is 3.38. The highest BCUT2D eigenvalue weighted by Gasteiger charge is 2.31. The number of imide groups is 1. The Kier molecular flexibility index (Phi) is 4.38. The van der Waals surface area contributed by atoms with Crippen LogP contribution < -0.4 is 16.4 Å². The van der Waals surface area contributed by atoms with Crippen molar-refractivity contribution in [1.29, 1.82) is 0 Å². The average Bonchev–Trinajstić information content (AvgIpc) is 3.14. The van der Waals surface area contributed by atoms with Crippen molar-refractivity contribution >= 4 is 34.3 Å². The molecular weight excluding hydrogens is 332 g/mol. The first-order chi connectivity index (χ1) is 11.5. The van der Waals surface area contributed by atoms with Crippen molar-refractivity contribution in [1.82, 2.24) is 25.7 Å². The van der Waals surface area contributed by atoms with Gasteiger partial charge < -0.3 is 16.4 Å². The highest BCUT2D eigenvalue weighted by Crippen LogP contribution is 2.25. The van der Waals surface area contributed by atoms with Gasteiger partial charge in [0, 0.05) is 0 Å². The minimum atomic E-state index is -0.577. The van der Waals surface area contributed by atoms with Crippen LogP contribution in [0.25, 0.3) is 0 Å². The van der Waals surface area contributed by atoms with Crippen LogP contribution in [0.15, 0.2) is 30.3 Å². The third kappa shape index (κ3) is 3.33. The highest BCUT2D eigenvalue weighted by atomic mass is 32.1. The van der Waals surface area contributed by atoms with Gasteiger partial charge in [-0.3, -0.25) is 14.5 Å². The number of carbonyl (C=O) groups excluding carboxylic acids is 3. The number of anilines is 1. The van der Waals surface area contributed by atoms with E-state index in [1.807, 2.05) is 30.3 Å². The predicted octanol–water partition coefficient (Wildman–Crippen LogP) is -0.122. The lowest BCUT2D eigenvalue weighted by molar-refractivity contribution is -0.130. The summed E-state index contributed by atoms with van der Waals surface area (Å²) in [5, 5.41) is 13.7. The van der Waals surface area contributed by atoms with E-state index in [-0.39, 0.29) is 18.2 Å². The number of urea groups is 1. The summed E-state index contributed by atoms with van der Waals surface area (Å²) in [7, 11) is 0. The van der Waals surface area contributed by atoms with Gasteiger partial charge in [-0.25, -0.2) is 4.79 Å². The number of nitrogens with two attached hydrogens (primary N) is 1. The fourth-order valence-corrected chi connectivity index (χ4v) is 2.95. The van der Waals surface area contributed by atoms with Gasteiger partial charge in [0.05, 0.1) is 6.54 Å². The van der Waals surface area contributed by atoms with E-state index in [9.17, 15) is 14.4 Å². The quantitative estimate of drug-likeness (QED) is 0.647. The van der Waals surface area contributed by atoms with Crippen LogP contribution in [-0.4, -0.2) is 46.0 Å². The molecule has 1 fully saturated rings. The molecule has 1 aromatic heterocycles. The van der Waals surface area contributed by atoms with Gasteiger partial charge in [0.25, 0.3) is 5.91 Å². The predicted molar refractivity (Wildman–Crippen MR) is 85.9 cm³/mol. The number of nitrogen functional groups attached to an aromatic ring is 1. The minimum Gasteiger partial charge on any atom is -0.374 e. The maximum Gasteiger partial charge on any atom is 0.325 e. The van der Waals surface area contributed by atoms with E-state index in [1.54, 1.807) is 0 Å². The van der Waals surface area contributed by atoms with Crippen molar-refractivity contribution in [2.75, 3.05) is 18.8 Å². The number of carbonyl (C=O) groups is 3. The number of nitrogens with one attached hydrogen (secondary N) is 2. The molecule has 1 saturated heterocycles. The second-order valence-electron chi connectivity index (χ2n) is 5.03. The number of amides is 4. The normalized spacial score (nSPS) is 15.2. The first-order valence-corrected chi connectivity index (χ1v) is 7.87. The van der Waals surface area contributed by atoms with Crippen molar-refractivity contribution in [2.45, 2.75) is 6.04 Å². The lowest BCUT2D eigenvalue weighted by atomic mass is 10.1. The van der Waals surface area contributed by atoms with Crippen LogP contribution in [0.3, 0.4) is 0 Å². The molecule has 0 radical (unpaired) electrons. The summed E-state index contributed by atoms with van der Waals surface area (Å²) in [6.45, 7) is -0.455. The number of hydrogen-bond donors (Lipinski definition) is 3. The van der Waals surface area contributed by atoms with Crippen LogP contribution in [0.2, 0.25) is 0 Å². The van der Waals surface area contributed by atoms with Gasteiger partial charge in [-0.1, -0.05) is 41.7 Å². The number of hydrogen-bond acceptors (Lipinski definition) is 7. The summed E-state index contributed by atoms with van der Waals surface area (Å²) < 4.78 is 0. The molecule has 0 spiro atoms. The molecule has 10 heteroatoms. The summed E-state index contributed by atoms with van der Waals surface area (Å²) in [6, 6.07) is 8.03. The Morgan fingerprint density at radius 3 is 2.67 bits per heavy atom. The first kappa shape index (κ1) is 15.9. The highest BCUT2D eigenvalue weighted by molar-refractivity contribution is 7.15. The van der Waals surface area contributed by atoms with Crippen LogP contribution in [0.5, 0.6) is 0 Å². The van der Waals surface area contributed by atoms with E-state index < -0.39 is 23.9 Å². The molecule has 0 bridgehead atoms. The van der Waals surface area contributed by atoms with Gasteiger partial charge in [-0.15, -0.1) is 10.2 Å². The summed E-state index contributed by atoms with van der Waals surface area (Å²) in [6.07, 6.45) is 0. The molecule has 2 aromatic rings. The topological polar surface area (TPSA) is 130 Å². The van der Waals surface area contributed by atoms with Crippen LogP contribution in [0.1, 0.15) is 16.6 Å². The molecule has 3 rings (SSSR count). The van der Waals surface area contributed by atoms with Crippen molar-refractivity contribution in [3.8, 4) is 0 Å². The molecule has 1 atom stereocenters. The zero-order valence-electron chi connectivity index (χ0n) is 12.4. The molecule has 0 aliphatic carbocycles. The summed E-state index contributed by atoms with van der Waals surface area (Å²) in [5.74, 6) is -0.922. The molecule has 124 valence electrons. The maximum atomic E-state index is 12.3. The lowest BCUT2D eigenvalue weighted by Crippen LogP contribution is -2.42. The van der Waals surface area contributed by atoms with E-state index >= 15 is 0 Å². The van der Waals surface area contributed by atoms with Gasteiger partial charge in [0.2, 0.25) is 11.0 Å². The lowest BCUT2D eigenvalue weighted by Gasteiger charge is -2.18. The van der Waals surface area contributed by atoms with Gasteiger partial charge in [0.15, 0.2) is 0 Å². The zero-order valence-corrected chi connectivity index (χ0v) is 13.2.